The Balaban J connectivity index is 0.00000392. The van der Waals surface area contributed by atoms with E-state index in [1.807, 2.05) is 34.6 Å². The van der Waals surface area contributed by atoms with Gasteiger partial charge in [0.2, 0.25) is 15.9 Å². The number of hydrogen-bond acceptors (Lipinski definition) is 4. The summed E-state index contributed by atoms with van der Waals surface area (Å²) in [6.07, 6.45) is 0.00941. The number of sulfonamides is 1. The van der Waals surface area contributed by atoms with Crippen molar-refractivity contribution in [1.29, 1.82) is 0 Å². The number of rotatable bonds is 6. The lowest BCUT2D eigenvalue weighted by molar-refractivity contribution is -0.116. The van der Waals surface area contributed by atoms with E-state index in [1.54, 1.807) is 24.3 Å². The molecule has 2 aromatic rings. The zero-order valence-electron chi connectivity index (χ0n) is 16.8. The molecule has 0 aliphatic carbocycles. The van der Waals surface area contributed by atoms with Crippen LogP contribution in [0, 0.1) is 34.6 Å². The number of amides is 1. The van der Waals surface area contributed by atoms with Gasteiger partial charge >= 0.3 is 0 Å². The number of para-hydroxylation sites is 2. The number of carbonyl (C=O) groups excluding carboxylic acids is 1. The summed E-state index contributed by atoms with van der Waals surface area (Å²) < 4.78 is 28.2. The molecule has 0 aliphatic rings. The fourth-order valence-corrected chi connectivity index (χ4v) is 4.69. The summed E-state index contributed by atoms with van der Waals surface area (Å²) in [5, 5.41) is 2.69. The molecule has 8 heteroatoms. The van der Waals surface area contributed by atoms with E-state index in [2.05, 4.69) is 10.0 Å². The first kappa shape index (κ1) is 23.9. The van der Waals surface area contributed by atoms with Crippen LogP contribution in [0.3, 0.4) is 0 Å². The maximum absolute atomic E-state index is 12.8. The number of halogens is 1. The predicted octanol–water partition coefficient (Wildman–Crippen LogP) is 3.54. The van der Waals surface area contributed by atoms with E-state index >= 15 is 0 Å². The zero-order chi connectivity index (χ0) is 20.4. The quantitative estimate of drug-likeness (QED) is 0.616. The van der Waals surface area contributed by atoms with Gasteiger partial charge in [0.1, 0.15) is 0 Å². The Labute approximate surface area is 173 Å². The van der Waals surface area contributed by atoms with Crippen molar-refractivity contribution >= 4 is 39.7 Å². The van der Waals surface area contributed by atoms with Crippen LogP contribution >= 0.6 is 12.4 Å². The van der Waals surface area contributed by atoms with Crippen molar-refractivity contribution in [2.45, 2.75) is 45.9 Å². The molecule has 0 radical (unpaired) electrons. The lowest BCUT2D eigenvalue weighted by Crippen LogP contribution is -2.29. The van der Waals surface area contributed by atoms with Crippen molar-refractivity contribution in [3.8, 4) is 0 Å². The average molecular weight is 426 g/mol. The van der Waals surface area contributed by atoms with Crippen LogP contribution in [-0.4, -0.2) is 20.9 Å². The number of nitrogen functional groups attached to an aromatic ring is 1. The summed E-state index contributed by atoms with van der Waals surface area (Å²) in [4.78, 5) is 12.4. The summed E-state index contributed by atoms with van der Waals surface area (Å²) in [7, 11) is -3.71. The number of carbonyl (C=O) groups is 1. The minimum absolute atomic E-state index is 0. The third kappa shape index (κ3) is 5.04. The Morgan fingerprint density at radius 1 is 0.929 bits per heavy atom. The molecule has 2 aromatic carbocycles. The Morgan fingerprint density at radius 3 is 1.96 bits per heavy atom. The van der Waals surface area contributed by atoms with Crippen molar-refractivity contribution in [3.05, 3.63) is 52.1 Å². The van der Waals surface area contributed by atoms with Gasteiger partial charge in [0.05, 0.1) is 16.3 Å². The normalized spacial score (nSPS) is 11.0. The van der Waals surface area contributed by atoms with Crippen molar-refractivity contribution in [2.24, 2.45) is 0 Å². The predicted molar refractivity (Wildman–Crippen MR) is 117 cm³/mol. The van der Waals surface area contributed by atoms with Crippen LogP contribution in [-0.2, 0) is 14.8 Å². The first-order valence-corrected chi connectivity index (χ1v) is 10.3. The van der Waals surface area contributed by atoms with Gasteiger partial charge < -0.3 is 11.1 Å². The SMILES string of the molecule is Cc1c(C)c(C)c(S(=O)(=O)NCCC(=O)Nc2ccccc2N)c(C)c1C.Cl. The summed E-state index contributed by atoms with van der Waals surface area (Å²) >= 11 is 0. The van der Waals surface area contributed by atoms with Crippen molar-refractivity contribution in [1.82, 2.24) is 4.72 Å². The highest BCUT2D eigenvalue weighted by Crippen LogP contribution is 2.29. The number of nitrogens with one attached hydrogen (secondary N) is 2. The Hall–Kier alpha value is -2.09. The smallest absolute Gasteiger partial charge is 0.241 e. The van der Waals surface area contributed by atoms with Crippen LogP contribution < -0.4 is 15.8 Å². The standard InChI is InChI=1S/C20H27N3O3S.ClH/c1-12-13(2)15(4)20(16(5)14(12)3)27(25,26)22-11-10-19(24)23-18-9-7-6-8-17(18)21;/h6-9,22H,10-11,21H2,1-5H3,(H,23,24);1H. The Bertz CT molecular complexity index is 959. The van der Waals surface area contributed by atoms with Gasteiger partial charge in [-0.15, -0.1) is 12.4 Å². The molecule has 4 N–H and O–H groups in total. The fourth-order valence-electron chi connectivity index (χ4n) is 3.06. The molecule has 28 heavy (non-hydrogen) atoms. The van der Waals surface area contributed by atoms with Gasteiger partial charge in [0.15, 0.2) is 0 Å². The highest BCUT2D eigenvalue weighted by molar-refractivity contribution is 7.89. The number of nitrogens with two attached hydrogens (primary N) is 1. The lowest BCUT2D eigenvalue weighted by Gasteiger charge is -2.19. The minimum atomic E-state index is -3.71. The molecule has 0 aliphatic heterocycles. The lowest BCUT2D eigenvalue weighted by atomic mass is 9.95. The third-order valence-electron chi connectivity index (χ3n) is 5.08. The van der Waals surface area contributed by atoms with Gasteiger partial charge in [-0.2, -0.15) is 0 Å². The molecule has 0 unspecified atom stereocenters. The van der Waals surface area contributed by atoms with Gasteiger partial charge in [-0.25, -0.2) is 13.1 Å². The first-order valence-electron chi connectivity index (χ1n) is 8.77. The molecule has 0 saturated carbocycles. The number of hydrogen-bond donors (Lipinski definition) is 3. The summed E-state index contributed by atoms with van der Waals surface area (Å²) in [5.74, 6) is -0.305. The van der Waals surface area contributed by atoms with Crippen molar-refractivity contribution < 1.29 is 13.2 Å². The highest BCUT2D eigenvalue weighted by atomic mass is 35.5. The summed E-state index contributed by atoms with van der Waals surface area (Å²) in [6, 6.07) is 6.92. The Morgan fingerprint density at radius 2 is 1.43 bits per heavy atom. The van der Waals surface area contributed by atoms with Crippen LogP contribution in [0.1, 0.15) is 34.2 Å². The van der Waals surface area contributed by atoms with Gasteiger partial charge in [-0.3, -0.25) is 4.79 Å². The molecule has 0 spiro atoms. The Kier molecular flexibility index (Phi) is 8.05. The minimum Gasteiger partial charge on any atom is -0.397 e. The molecule has 2 rings (SSSR count). The van der Waals surface area contributed by atoms with E-state index in [1.165, 1.54) is 0 Å². The van der Waals surface area contributed by atoms with Gasteiger partial charge in [-0.1, -0.05) is 12.1 Å². The van der Waals surface area contributed by atoms with Gasteiger partial charge in [0.25, 0.3) is 0 Å². The monoisotopic (exact) mass is 425 g/mol. The largest absolute Gasteiger partial charge is 0.397 e. The maximum atomic E-state index is 12.8. The second-order valence-electron chi connectivity index (χ2n) is 6.74. The molecule has 0 atom stereocenters. The maximum Gasteiger partial charge on any atom is 0.241 e. The summed E-state index contributed by atoms with van der Waals surface area (Å²) in [6.45, 7) is 9.48. The molecule has 154 valence electrons. The highest BCUT2D eigenvalue weighted by Gasteiger charge is 2.23. The molecule has 0 heterocycles. The molecule has 1 amide bonds. The second kappa shape index (κ2) is 9.41. The average Bonchev–Trinajstić information content (AvgIpc) is 2.60. The topological polar surface area (TPSA) is 101 Å². The van der Waals surface area contributed by atoms with E-state index in [0.29, 0.717) is 16.3 Å². The first-order chi connectivity index (χ1) is 12.6. The van der Waals surface area contributed by atoms with Crippen LogP contribution in [0.4, 0.5) is 11.4 Å². The van der Waals surface area contributed by atoms with E-state index in [9.17, 15) is 13.2 Å². The number of anilines is 2. The molecule has 6 nitrogen and oxygen atoms in total. The molecule has 0 aromatic heterocycles. The van der Waals surface area contributed by atoms with Gasteiger partial charge in [-0.05, 0) is 74.6 Å². The van der Waals surface area contributed by atoms with E-state index in [4.69, 9.17) is 5.73 Å². The number of benzene rings is 2. The van der Waals surface area contributed by atoms with Crippen LogP contribution in [0.2, 0.25) is 0 Å². The van der Waals surface area contributed by atoms with Crippen LogP contribution in [0.5, 0.6) is 0 Å². The third-order valence-corrected chi connectivity index (χ3v) is 6.81. The second-order valence-corrected chi connectivity index (χ2v) is 8.44. The molecule has 0 saturated heterocycles. The fraction of sp³-hybridized carbons (Fsp3) is 0.350. The van der Waals surface area contributed by atoms with E-state index in [0.717, 1.165) is 27.8 Å². The molecule has 0 fully saturated rings. The molecular weight excluding hydrogens is 398 g/mol. The zero-order valence-corrected chi connectivity index (χ0v) is 18.5. The van der Waals surface area contributed by atoms with Crippen LogP contribution in [0.15, 0.2) is 29.2 Å². The van der Waals surface area contributed by atoms with Crippen molar-refractivity contribution in [3.63, 3.8) is 0 Å². The summed E-state index contributed by atoms with van der Waals surface area (Å²) in [5.41, 5.74) is 11.3. The van der Waals surface area contributed by atoms with E-state index in [-0.39, 0.29) is 31.3 Å². The van der Waals surface area contributed by atoms with Gasteiger partial charge in [0, 0.05) is 13.0 Å². The van der Waals surface area contributed by atoms with Crippen LogP contribution in [0.25, 0.3) is 0 Å². The van der Waals surface area contributed by atoms with E-state index < -0.39 is 10.0 Å². The van der Waals surface area contributed by atoms with Crippen molar-refractivity contribution in [2.75, 3.05) is 17.6 Å². The molecule has 0 bridgehead atoms. The molecular formula is C20H28ClN3O3S.